The summed E-state index contributed by atoms with van der Waals surface area (Å²) in [5, 5.41) is 8.72. The highest BCUT2D eigenvalue weighted by molar-refractivity contribution is 7.80. The first kappa shape index (κ1) is 12.5. The summed E-state index contributed by atoms with van der Waals surface area (Å²) in [4.78, 5) is 21.6. The van der Waals surface area contributed by atoms with E-state index in [9.17, 15) is 9.59 Å². The zero-order chi connectivity index (χ0) is 10.4. The van der Waals surface area contributed by atoms with Gasteiger partial charge in [0.15, 0.2) is 0 Å². The second-order valence-corrected chi connectivity index (χ2v) is 3.80. The SMILES string of the molecule is CC(=O)C(CC(C)CCS)C(=O)O. The van der Waals surface area contributed by atoms with Crippen LogP contribution in [-0.2, 0) is 9.59 Å². The molecule has 0 fully saturated rings. The van der Waals surface area contributed by atoms with Crippen LogP contribution in [0, 0.1) is 11.8 Å². The normalized spacial score (nSPS) is 15.0. The summed E-state index contributed by atoms with van der Waals surface area (Å²) in [6.07, 6.45) is 1.27. The van der Waals surface area contributed by atoms with E-state index < -0.39 is 11.9 Å². The quantitative estimate of drug-likeness (QED) is 0.510. The van der Waals surface area contributed by atoms with E-state index in [1.54, 1.807) is 0 Å². The lowest BCUT2D eigenvalue weighted by molar-refractivity contribution is -0.146. The first-order chi connectivity index (χ1) is 5.99. The van der Waals surface area contributed by atoms with E-state index in [1.807, 2.05) is 6.92 Å². The van der Waals surface area contributed by atoms with Gasteiger partial charge >= 0.3 is 5.97 Å². The highest BCUT2D eigenvalue weighted by atomic mass is 32.1. The number of aliphatic carboxylic acids is 1. The molecule has 0 saturated carbocycles. The van der Waals surface area contributed by atoms with Gasteiger partial charge in [0, 0.05) is 0 Å². The molecule has 0 amide bonds. The Hall–Kier alpha value is -0.510. The van der Waals surface area contributed by atoms with Gasteiger partial charge < -0.3 is 5.11 Å². The van der Waals surface area contributed by atoms with Gasteiger partial charge in [-0.3, -0.25) is 9.59 Å². The molecule has 4 heteroatoms. The van der Waals surface area contributed by atoms with Crippen molar-refractivity contribution in [3.63, 3.8) is 0 Å². The van der Waals surface area contributed by atoms with Crippen LogP contribution in [0.3, 0.4) is 0 Å². The molecule has 13 heavy (non-hydrogen) atoms. The Morgan fingerprint density at radius 2 is 2.00 bits per heavy atom. The molecule has 0 aromatic rings. The number of hydrogen-bond donors (Lipinski definition) is 2. The van der Waals surface area contributed by atoms with Crippen molar-refractivity contribution in [3.8, 4) is 0 Å². The molecule has 0 saturated heterocycles. The van der Waals surface area contributed by atoms with Crippen molar-refractivity contribution in [1.29, 1.82) is 0 Å². The van der Waals surface area contributed by atoms with Crippen LogP contribution < -0.4 is 0 Å². The highest BCUT2D eigenvalue weighted by Gasteiger charge is 2.24. The second-order valence-electron chi connectivity index (χ2n) is 3.35. The molecule has 0 rings (SSSR count). The van der Waals surface area contributed by atoms with Gasteiger partial charge in [0.05, 0.1) is 0 Å². The van der Waals surface area contributed by atoms with Crippen LogP contribution in [0.4, 0.5) is 0 Å². The minimum absolute atomic E-state index is 0.238. The molecule has 0 radical (unpaired) electrons. The summed E-state index contributed by atoms with van der Waals surface area (Å²) < 4.78 is 0. The lowest BCUT2D eigenvalue weighted by Crippen LogP contribution is -2.23. The van der Waals surface area contributed by atoms with E-state index in [-0.39, 0.29) is 11.7 Å². The van der Waals surface area contributed by atoms with Crippen molar-refractivity contribution in [1.82, 2.24) is 0 Å². The summed E-state index contributed by atoms with van der Waals surface area (Å²) in [7, 11) is 0. The number of hydrogen-bond acceptors (Lipinski definition) is 3. The molecule has 0 spiro atoms. The van der Waals surface area contributed by atoms with Gasteiger partial charge in [-0.05, 0) is 31.4 Å². The molecule has 2 atom stereocenters. The van der Waals surface area contributed by atoms with Gasteiger partial charge in [-0.1, -0.05) is 6.92 Å². The molecule has 2 unspecified atom stereocenters. The van der Waals surface area contributed by atoms with Crippen LogP contribution >= 0.6 is 12.6 Å². The third-order valence-corrected chi connectivity index (χ3v) is 2.31. The largest absolute Gasteiger partial charge is 0.481 e. The van der Waals surface area contributed by atoms with E-state index in [0.29, 0.717) is 6.42 Å². The fraction of sp³-hybridized carbons (Fsp3) is 0.778. The Morgan fingerprint density at radius 1 is 1.46 bits per heavy atom. The van der Waals surface area contributed by atoms with Crippen molar-refractivity contribution in [3.05, 3.63) is 0 Å². The zero-order valence-electron chi connectivity index (χ0n) is 7.99. The van der Waals surface area contributed by atoms with E-state index >= 15 is 0 Å². The van der Waals surface area contributed by atoms with Crippen LogP contribution in [0.5, 0.6) is 0 Å². The average Bonchev–Trinajstić information content (AvgIpc) is 1.99. The number of carboxylic acids is 1. The van der Waals surface area contributed by atoms with Gasteiger partial charge in [0.25, 0.3) is 0 Å². The van der Waals surface area contributed by atoms with Gasteiger partial charge in [-0.25, -0.2) is 0 Å². The second kappa shape index (κ2) is 6.02. The standard InChI is InChI=1S/C9H16O3S/c1-6(3-4-13)5-8(7(2)10)9(11)12/h6,8,13H,3-5H2,1-2H3,(H,11,12). The summed E-state index contributed by atoms with van der Waals surface area (Å²) in [5.74, 6) is -1.15. The minimum Gasteiger partial charge on any atom is -0.481 e. The maximum Gasteiger partial charge on any atom is 0.314 e. The Bertz CT molecular complexity index is 177. The van der Waals surface area contributed by atoms with Crippen molar-refractivity contribution in [2.24, 2.45) is 11.8 Å². The Morgan fingerprint density at radius 3 is 2.31 bits per heavy atom. The molecular weight excluding hydrogens is 188 g/mol. The third-order valence-electron chi connectivity index (χ3n) is 2.05. The van der Waals surface area contributed by atoms with Crippen molar-refractivity contribution in [2.45, 2.75) is 26.7 Å². The summed E-state index contributed by atoms with van der Waals surface area (Å²) in [5.41, 5.74) is 0. The van der Waals surface area contributed by atoms with Crippen LogP contribution in [-0.4, -0.2) is 22.6 Å². The number of carbonyl (C=O) groups is 2. The molecule has 0 aliphatic carbocycles. The Balaban J connectivity index is 4.10. The molecule has 0 aromatic carbocycles. The van der Waals surface area contributed by atoms with Crippen LogP contribution in [0.1, 0.15) is 26.7 Å². The molecule has 0 aliphatic heterocycles. The maximum absolute atomic E-state index is 10.9. The first-order valence-corrected chi connectivity index (χ1v) is 4.96. The van der Waals surface area contributed by atoms with Gasteiger partial charge in [0.2, 0.25) is 0 Å². The van der Waals surface area contributed by atoms with Crippen LogP contribution in [0.15, 0.2) is 0 Å². The van der Waals surface area contributed by atoms with E-state index in [1.165, 1.54) is 6.92 Å². The van der Waals surface area contributed by atoms with Gasteiger partial charge in [0.1, 0.15) is 11.7 Å². The molecule has 76 valence electrons. The summed E-state index contributed by atoms with van der Waals surface area (Å²) >= 11 is 4.05. The molecule has 0 aliphatic rings. The van der Waals surface area contributed by atoms with Gasteiger partial charge in [-0.15, -0.1) is 0 Å². The number of Topliss-reactive ketones (excluding diaryl/α,β-unsaturated/α-hetero) is 1. The fourth-order valence-corrected chi connectivity index (χ4v) is 1.62. The lowest BCUT2D eigenvalue weighted by atomic mass is 9.91. The van der Waals surface area contributed by atoms with Gasteiger partial charge in [-0.2, -0.15) is 12.6 Å². The van der Waals surface area contributed by atoms with Crippen molar-refractivity contribution >= 4 is 24.4 Å². The third kappa shape index (κ3) is 4.93. The first-order valence-electron chi connectivity index (χ1n) is 4.33. The number of ketones is 1. The molecule has 0 bridgehead atoms. The minimum atomic E-state index is -1.02. The van der Waals surface area contributed by atoms with Crippen molar-refractivity contribution in [2.75, 3.05) is 5.75 Å². The Kier molecular flexibility index (Phi) is 5.79. The molecular formula is C9H16O3S. The predicted octanol–water partition coefficient (Wildman–Crippen LogP) is 1.62. The monoisotopic (exact) mass is 204 g/mol. The topological polar surface area (TPSA) is 54.4 Å². The van der Waals surface area contributed by atoms with E-state index in [0.717, 1.165) is 12.2 Å². The average molecular weight is 204 g/mol. The van der Waals surface area contributed by atoms with E-state index in [2.05, 4.69) is 12.6 Å². The molecule has 0 aromatic heterocycles. The predicted molar refractivity (Wildman–Crippen MR) is 54.1 cm³/mol. The number of rotatable bonds is 6. The molecule has 3 nitrogen and oxygen atoms in total. The number of carboxylic acid groups (broad SMARTS) is 1. The zero-order valence-corrected chi connectivity index (χ0v) is 8.88. The molecule has 0 heterocycles. The maximum atomic E-state index is 10.9. The highest BCUT2D eigenvalue weighted by Crippen LogP contribution is 2.17. The summed E-state index contributed by atoms with van der Waals surface area (Å²) in [6.45, 7) is 3.27. The molecule has 1 N–H and O–H groups in total. The fourth-order valence-electron chi connectivity index (χ4n) is 1.18. The smallest absolute Gasteiger partial charge is 0.314 e. The lowest BCUT2D eigenvalue weighted by Gasteiger charge is -2.13. The van der Waals surface area contributed by atoms with Crippen LogP contribution in [0.2, 0.25) is 0 Å². The number of thiol groups is 1. The summed E-state index contributed by atoms with van der Waals surface area (Å²) in [6, 6.07) is 0. The van der Waals surface area contributed by atoms with Crippen LogP contribution in [0.25, 0.3) is 0 Å². The Labute approximate surface area is 83.9 Å². The number of carbonyl (C=O) groups excluding carboxylic acids is 1. The van der Waals surface area contributed by atoms with Crippen molar-refractivity contribution < 1.29 is 14.7 Å². The van der Waals surface area contributed by atoms with E-state index in [4.69, 9.17) is 5.11 Å².